The van der Waals surface area contributed by atoms with Gasteiger partial charge in [-0.15, -0.1) is 0 Å². The van der Waals surface area contributed by atoms with Gasteiger partial charge in [-0.2, -0.15) is 0 Å². The topological polar surface area (TPSA) is 44.5 Å². The molecule has 0 radical (unpaired) electrons. The molecular formula is C11H16ClNO2. The van der Waals surface area contributed by atoms with Gasteiger partial charge in [0.15, 0.2) is 11.5 Å². The molecule has 0 unspecified atom stereocenters. The summed E-state index contributed by atoms with van der Waals surface area (Å²) in [6, 6.07) is 3.65. The third-order valence-corrected chi connectivity index (χ3v) is 2.60. The summed E-state index contributed by atoms with van der Waals surface area (Å²) in [5, 5.41) is 0.524. The summed E-state index contributed by atoms with van der Waals surface area (Å²) < 4.78 is 10.3. The number of nitrogens with two attached hydrogens (primary N) is 1. The Morgan fingerprint density at radius 3 is 2.47 bits per heavy atom. The first-order chi connectivity index (χ1) is 7.13. The molecule has 84 valence electrons. The normalized spacial score (nSPS) is 12.3. The summed E-state index contributed by atoms with van der Waals surface area (Å²) in [6.45, 7) is 2.02. The Hall–Kier alpha value is -0.930. The van der Waals surface area contributed by atoms with E-state index in [4.69, 9.17) is 26.8 Å². The molecule has 1 aromatic carbocycles. The Balaban J connectivity index is 3.19. The molecule has 3 nitrogen and oxygen atoms in total. The highest BCUT2D eigenvalue weighted by Crippen LogP contribution is 2.37. The Bertz CT molecular complexity index is 342. The highest BCUT2D eigenvalue weighted by Gasteiger charge is 2.13. The Kier molecular flexibility index (Phi) is 4.24. The van der Waals surface area contributed by atoms with Crippen LogP contribution in [-0.2, 0) is 0 Å². The van der Waals surface area contributed by atoms with Gasteiger partial charge in [0, 0.05) is 6.04 Å². The fraction of sp³-hybridized carbons (Fsp3) is 0.455. The number of methoxy groups -OCH3 is 2. The predicted octanol–water partition coefficient (Wildman–Crippen LogP) is 2.77. The molecule has 0 saturated heterocycles. The Morgan fingerprint density at radius 2 is 2.00 bits per heavy atom. The van der Waals surface area contributed by atoms with Crippen molar-refractivity contribution < 1.29 is 9.47 Å². The number of hydrogen-bond donors (Lipinski definition) is 1. The van der Waals surface area contributed by atoms with Gasteiger partial charge in [-0.3, -0.25) is 0 Å². The van der Waals surface area contributed by atoms with Gasteiger partial charge >= 0.3 is 0 Å². The molecule has 0 spiro atoms. The smallest absolute Gasteiger partial charge is 0.179 e. The van der Waals surface area contributed by atoms with Crippen molar-refractivity contribution in [2.75, 3.05) is 14.2 Å². The monoisotopic (exact) mass is 229 g/mol. The van der Waals surface area contributed by atoms with Gasteiger partial charge in [-0.05, 0) is 24.1 Å². The molecule has 0 aliphatic rings. The third-order valence-electron chi connectivity index (χ3n) is 2.32. The summed E-state index contributed by atoms with van der Waals surface area (Å²) in [6.07, 6.45) is 0.853. The van der Waals surface area contributed by atoms with E-state index < -0.39 is 0 Å². The fourth-order valence-electron chi connectivity index (χ4n) is 1.39. The zero-order chi connectivity index (χ0) is 11.4. The van der Waals surface area contributed by atoms with Crippen molar-refractivity contribution in [3.8, 4) is 11.5 Å². The first-order valence-corrected chi connectivity index (χ1v) is 5.18. The molecule has 2 N–H and O–H groups in total. The Morgan fingerprint density at radius 1 is 1.33 bits per heavy atom. The molecule has 0 saturated carbocycles. The van der Waals surface area contributed by atoms with Crippen LogP contribution in [0.1, 0.15) is 24.9 Å². The molecule has 0 aliphatic carbocycles. The molecule has 0 aromatic heterocycles. The van der Waals surface area contributed by atoms with E-state index >= 15 is 0 Å². The minimum Gasteiger partial charge on any atom is -0.493 e. The van der Waals surface area contributed by atoms with Crippen molar-refractivity contribution in [3.05, 3.63) is 22.7 Å². The molecule has 0 heterocycles. The number of halogens is 1. The average molecular weight is 230 g/mol. The van der Waals surface area contributed by atoms with E-state index in [1.165, 1.54) is 0 Å². The van der Waals surface area contributed by atoms with E-state index in [9.17, 15) is 0 Å². The molecule has 15 heavy (non-hydrogen) atoms. The van der Waals surface area contributed by atoms with Crippen LogP contribution < -0.4 is 15.2 Å². The molecule has 0 fully saturated rings. The lowest BCUT2D eigenvalue weighted by atomic mass is 10.0. The molecule has 1 aromatic rings. The van der Waals surface area contributed by atoms with Crippen LogP contribution in [0, 0.1) is 0 Å². The van der Waals surface area contributed by atoms with Crippen molar-refractivity contribution in [2.24, 2.45) is 5.73 Å². The maximum absolute atomic E-state index is 6.05. The predicted molar refractivity (Wildman–Crippen MR) is 61.8 cm³/mol. The maximum Gasteiger partial charge on any atom is 0.179 e. The molecule has 0 bridgehead atoms. The van der Waals surface area contributed by atoms with E-state index in [1.54, 1.807) is 14.2 Å². The molecule has 4 heteroatoms. The van der Waals surface area contributed by atoms with E-state index in [2.05, 4.69) is 0 Å². The fourth-order valence-corrected chi connectivity index (χ4v) is 1.68. The van der Waals surface area contributed by atoms with Crippen LogP contribution in [0.15, 0.2) is 12.1 Å². The molecule has 0 amide bonds. The van der Waals surface area contributed by atoms with Gasteiger partial charge in [0.2, 0.25) is 0 Å². The molecule has 1 rings (SSSR count). The van der Waals surface area contributed by atoms with Crippen molar-refractivity contribution in [1.29, 1.82) is 0 Å². The van der Waals surface area contributed by atoms with Crippen LogP contribution in [0.3, 0.4) is 0 Å². The van der Waals surface area contributed by atoms with E-state index in [0.29, 0.717) is 16.5 Å². The maximum atomic E-state index is 6.05. The van der Waals surface area contributed by atoms with Crippen LogP contribution in [0.4, 0.5) is 0 Å². The second-order valence-corrected chi connectivity index (χ2v) is 3.66. The summed E-state index contributed by atoms with van der Waals surface area (Å²) in [5.74, 6) is 1.16. The zero-order valence-electron chi connectivity index (χ0n) is 9.21. The first-order valence-electron chi connectivity index (χ1n) is 4.81. The number of ether oxygens (including phenoxy) is 2. The van der Waals surface area contributed by atoms with E-state index in [-0.39, 0.29) is 6.04 Å². The van der Waals surface area contributed by atoms with Gasteiger partial charge < -0.3 is 15.2 Å². The summed E-state index contributed by atoms with van der Waals surface area (Å²) in [7, 11) is 3.14. The van der Waals surface area contributed by atoms with Crippen LogP contribution in [-0.4, -0.2) is 14.2 Å². The number of benzene rings is 1. The van der Waals surface area contributed by atoms with Crippen LogP contribution in [0.25, 0.3) is 0 Å². The van der Waals surface area contributed by atoms with E-state index in [0.717, 1.165) is 12.0 Å². The second-order valence-electron chi connectivity index (χ2n) is 3.25. The first kappa shape index (κ1) is 12.1. The SMILES string of the molecule is CC[C@@H](N)c1cc(Cl)c(OC)c(OC)c1. The quantitative estimate of drug-likeness (QED) is 0.864. The van der Waals surface area contributed by atoms with E-state index in [1.807, 2.05) is 19.1 Å². The zero-order valence-corrected chi connectivity index (χ0v) is 9.97. The average Bonchev–Trinajstić information content (AvgIpc) is 2.26. The highest BCUT2D eigenvalue weighted by molar-refractivity contribution is 6.32. The number of hydrogen-bond acceptors (Lipinski definition) is 3. The lowest BCUT2D eigenvalue weighted by molar-refractivity contribution is 0.354. The highest BCUT2D eigenvalue weighted by atomic mass is 35.5. The van der Waals surface area contributed by atoms with Gasteiger partial charge in [0.05, 0.1) is 19.2 Å². The summed E-state index contributed by atoms with van der Waals surface area (Å²) in [5.41, 5.74) is 6.88. The van der Waals surface area contributed by atoms with Crippen LogP contribution in [0.5, 0.6) is 11.5 Å². The Labute approximate surface area is 95.1 Å². The van der Waals surface area contributed by atoms with Gasteiger partial charge in [0.25, 0.3) is 0 Å². The van der Waals surface area contributed by atoms with Crippen molar-refractivity contribution in [2.45, 2.75) is 19.4 Å². The number of rotatable bonds is 4. The van der Waals surface area contributed by atoms with Crippen molar-refractivity contribution >= 4 is 11.6 Å². The second kappa shape index (κ2) is 5.24. The lowest BCUT2D eigenvalue weighted by Gasteiger charge is -2.14. The molecule has 1 atom stereocenters. The summed E-state index contributed by atoms with van der Waals surface area (Å²) >= 11 is 6.05. The van der Waals surface area contributed by atoms with Crippen molar-refractivity contribution in [3.63, 3.8) is 0 Å². The molecular weight excluding hydrogens is 214 g/mol. The van der Waals surface area contributed by atoms with Gasteiger partial charge in [0.1, 0.15) is 0 Å². The summed E-state index contributed by atoms with van der Waals surface area (Å²) in [4.78, 5) is 0. The molecule has 0 aliphatic heterocycles. The standard InChI is InChI=1S/C11H16ClNO2/c1-4-9(13)7-5-8(12)11(15-3)10(6-7)14-2/h5-6,9H,4,13H2,1-3H3/t9-/m1/s1. The van der Waals surface area contributed by atoms with Crippen molar-refractivity contribution in [1.82, 2.24) is 0 Å². The van der Waals surface area contributed by atoms with Crippen LogP contribution >= 0.6 is 11.6 Å². The largest absolute Gasteiger partial charge is 0.493 e. The minimum absolute atomic E-state index is 0.0256. The van der Waals surface area contributed by atoms with Crippen LogP contribution in [0.2, 0.25) is 5.02 Å². The lowest BCUT2D eigenvalue weighted by Crippen LogP contribution is -2.09. The minimum atomic E-state index is -0.0256. The van der Waals surface area contributed by atoms with Gasteiger partial charge in [-0.25, -0.2) is 0 Å². The third kappa shape index (κ3) is 2.55. The van der Waals surface area contributed by atoms with Gasteiger partial charge in [-0.1, -0.05) is 18.5 Å².